The number of H-pyrrole nitrogens is 1. The summed E-state index contributed by atoms with van der Waals surface area (Å²) in [5.41, 5.74) is 2.43. The number of alkyl halides is 3. The molecule has 1 aromatic heterocycles. The van der Waals surface area contributed by atoms with Crippen LogP contribution in [-0.4, -0.2) is 61.3 Å². The van der Waals surface area contributed by atoms with Crippen molar-refractivity contribution in [3.05, 3.63) is 36.0 Å². The third-order valence-corrected chi connectivity index (χ3v) is 4.83. The molecule has 28 heavy (non-hydrogen) atoms. The van der Waals surface area contributed by atoms with E-state index in [0.717, 1.165) is 24.9 Å². The van der Waals surface area contributed by atoms with Crippen LogP contribution in [-0.2, 0) is 6.42 Å². The smallest absolute Gasteiger partial charge is 0.361 e. The van der Waals surface area contributed by atoms with E-state index in [0.29, 0.717) is 25.5 Å². The fourth-order valence-corrected chi connectivity index (χ4v) is 3.56. The molecule has 1 unspecified atom stereocenters. The van der Waals surface area contributed by atoms with Crippen molar-refractivity contribution >= 4 is 40.8 Å². The molecule has 5 nitrogen and oxygen atoms in total. The lowest BCUT2D eigenvalue weighted by Crippen LogP contribution is -2.45. The van der Waals surface area contributed by atoms with E-state index in [1.165, 1.54) is 15.8 Å². The van der Waals surface area contributed by atoms with Crippen LogP contribution < -0.4 is 10.6 Å². The molecule has 0 spiro atoms. The summed E-state index contributed by atoms with van der Waals surface area (Å²) >= 11 is 0. The minimum atomic E-state index is -4.14. The second-order valence-corrected chi connectivity index (χ2v) is 6.94. The molecule has 0 bridgehead atoms. The Morgan fingerprint density at radius 1 is 1.32 bits per heavy atom. The average Bonchev–Trinajstić information content (AvgIpc) is 3.23. The van der Waals surface area contributed by atoms with Gasteiger partial charge in [0.25, 0.3) is 0 Å². The molecule has 3 N–H and O–H groups in total. The molecule has 0 radical (unpaired) electrons. The largest absolute Gasteiger partial charge is 0.401 e. The first-order valence-corrected chi connectivity index (χ1v) is 9.26. The third-order valence-electron chi connectivity index (χ3n) is 4.83. The Balaban J connectivity index is 0.00000280. The Kier molecular flexibility index (Phi) is 8.41. The van der Waals surface area contributed by atoms with Gasteiger partial charge in [0.15, 0.2) is 5.96 Å². The fourth-order valence-electron chi connectivity index (χ4n) is 3.56. The van der Waals surface area contributed by atoms with E-state index in [-0.39, 0.29) is 30.0 Å². The highest BCUT2D eigenvalue weighted by molar-refractivity contribution is 14.0. The predicted octanol–water partition coefficient (Wildman–Crippen LogP) is 3.52. The van der Waals surface area contributed by atoms with Gasteiger partial charge in [-0.25, -0.2) is 0 Å². The Labute approximate surface area is 180 Å². The van der Waals surface area contributed by atoms with Crippen LogP contribution in [0.3, 0.4) is 0 Å². The van der Waals surface area contributed by atoms with E-state index in [4.69, 9.17) is 0 Å². The summed E-state index contributed by atoms with van der Waals surface area (Å²) < 4.78 is 37.4. The number of nitrogens with one attached hydrogen (secondary N) is 3. The number of halogens is 4. The van der Waals surface area contributed by atoms with Gasteiger partial charge in [-0.05, 0) is 30.9 Å². The van der Waals surface area contributed by atoms with Crippen LogP contribution in [0, 0.1) is 0 Å². The first kappa shape index (κ1) is 22.8. The molecule has 1 aliphatic heterocycles. The van der Waals surface area contributed by atoms with Crippen molar-refractivity contribution in [3.8, 4) is 0 Å². The molecule has 1 aliphatic rings. The molecule has 3 rings (SSSR count). The number of aliphatic imine (C=N–C) groups is 1. The number of aryl methyl sites for hydroxylation is 1. The first-order valence-electron chi connectivity index (χ1n) is 9.26. The van der Waals surface area contributed by atoms with Crippen LogP contribution in [0.15, 0.2) is 35.5 Å². The molecule has 1 atom stereocenters. The van der Waals surface area contributed by atoms with Crippen molar-refractivity contribution < 1.29 is 13.2 Å². The van der Waals surface area contributed by atoms with Crippen LogP contribution in [0.4, 0.5) is 13.2 Å². The number of aromatic nitrogens is 1. The summed E-state index contributed by atoms with van der Waals surface area (Å²) in [5.74, 6) is 0.646. The number of hydrogen-bond acceptors (Lipinski definition) is 2. The predicted molar refractivity (Wildman–Crippen MR) is 117 cm³/mol. The minimum Gasteiger partial charge on any atom is -0.361 e. The molecule has 0 saturated carbocycles. The van der Waals surface area contributed by atoms with E-state index in [2.05, 4.69) is 32.7 Å². The van der Waals surface area contributed by atoms with Gasteiger partial charge in [-0.2, -0.15) is 13.2 Å². The van der Waals surface area contributed by atoms with E-state index in [9.17, 15) is 13.2 Å². The summed E-state index contributed by atoms with van der Waals surface area (Å²) in [5, 5.41) is 7.73. The number of nitrogens with zero attached hydrogens (tertiary/aromatic N) is 2. The van der Waals surface area contributed by atoms with Crippen molar-refractivity contribution in [1.29, 1.82) is 0 Å². The van der Waals surface area contributed by atoms with Crippen molar-refractivity contribution in [2.75, 3.05) is 33.2 Å². The lowest BCUT2D eigenvalue weighted by molar-refractivity contribution is -0.143. The summed E-state index contributed by atoms with van der Waals surface area (Å²) in [6.45, 7) is 0.740. The van der Waals surface area contributed by atoms with E-state index in [1.807, 2.05) is 18.3 Å². The number of rotatable bonds is 6. The number of hydrogen-bond donors (Lipinski definition) is 3. The van der Waals surface area contributed by atoms with Gasteiger partial charge in [-0.15, -0.1) is 24.0 Å². The molecule has 1 fully saturated rings. The third kappa shape index (κ3) is 6.54. The van der Waals surface area contributed by atoms with Crippen LogP contribution in [0.2, 0.25) is 0 Å². The topological polar surface area (TPSA) is 55.5 Å². The summed E-state index contributed by atoms with van der Waals surface area (Å²) in [6.07, 6.45) is 0.471. The quantitative estimate of drug-likeness (QED) is 0.242. The molecular formula is C19H27F3IN5. The highest BCUT2D eigenvalue weighted by atomic mass is 127. The van der Waals surface area contributed by atoms with Gasteiger partial charge in [-0.1, -0.05) is 18.2 Å². The summed E-state index contributed by atoms with van der Waals surface area (Å²) in [4.78, 5) is 8.89. The zero-order valence-electron chi connectivity index (χ0n) is 15.9. The average molecular weight is 509 g/mol. The van der Waals surface area contributed by atoms with Gasteiger partial charge >= 0.3 is 6.18 Å². The molecule has 156 valence electrons. The maximum Gasteiger partial charge on any atom is 0.401 e. The maximum absolute atomic E-state index is 12.5. The number of guanidine groups is 1. The molecule has 2 aromatic rings. The SMILES string of the molecule is CN=C(NCCCc1c[nH]c2ccccc12)NC1CCN(CC(F)(F)F)C1.I. The number of benzene rings is 1. The highest BCUT2D eigenvalue weighted by Gasteiger charge is 2.34. The Morgan fingerprint density at radius 2 is 2.11 bits per heavy atom. The Bertz CT molecular complexity index is 774. The maximum atomic E-state index is 12.5. The van der Waals surface area contributed by atoms with Gasteiger partial charge in [0.05, 0.1) is 6.54 Å². The van der Waals surface area contributed by atoms with Crippen LogP contribution in [0.1, 0.15) is 18.4 Å². The Hall–Kier alpha value is -1.49. The van der Waals surface area contributed by atoms with E-state index >= 15 is 0 Å². The molecule has 0 amide bonds. The monoisotopic (exact) mass is 509 g/mol. The first-order chi connectivity index (χ1) is 12.9. The fraction of sp³-hybridized carbons (Fsp3) is 0.526. The van der Waals surface area contributed by atoms with E-state index < -0.39 is 12.7 Å². The number of fused-ring (bicyclic) bond motifs is 1. The Morgan fingerprint density at radius 3 is 2.86 bits per heavy atom. The lowest BCUT2D eigenvalue weighted by Gasteiger charge is -2.19. The molecule has 1 aromatic carbocycles. The van der Waals surface area contributed by atoms with Gasteiger partial charge in [0, 0.05) is 49.8 Å². The molecule has 2 heterocycles. The normalized spacial score (nSPS) is 18.3. The molecular weight excluding hydrogens is 482 g/mol. The van der Waals surface area contributed by atoms with Gasteiger partial charge < -0.3 is 15.6 Å². The molecule has 9 heteroatoms. The second kappa shape index (κ2) is 10.3. The standard InChI is InChI=1S/C19H26F3N5.HI/c1-23-18(26-15-8-10-27(12-15)13-19(20,21)22)24-9-4-5-14-11-25-17-7-3-2-6-16(14)17;/h2-3,6-7,11,15,25H,4-5,8-10,12-13H2,1H3,(H2,23,24,26);1H. The zero-order valence-corrected chi connectivity index (χ0v) is 18.2. The zero-order chi connectivity index (χ0) is 19.3. The van der Waals surface area contributed by atoms with Gasteiger partial charge in [-0.3, -0.25) is 9.89 Å². The van der Waals surface area contributed by atoms with Crippen molar-refractivity contribution in [3.63, 3.8) is 0 Å². The number of aromatic amines is 1. The number of likely N-dealkylation sites (tertiary alicyclic amines) is 1. The number of para-hydroxylation sites is 1. The van der Waals surface area contributed by atoms with Crippen molar-refractivity contribution in [2.24, 2.45) is 4.99 Å². The van der Waals surface area contributed by atoms with Gasteiger partial charge in [0.2, 0.25) is 0 Å². The van der Waals surface area contributed by atoms with Crippen LogP contribution in [0.25, 0.3) is 10.9 Å². The molecule has 0 aliphatic carbocycles. The second-order valence-electron chi connectivity index (χ2n) is 6.94. The van der Waals surface area contributed by atoms with Crippen molar-refractivity contribution in [1.82, 2.24) is 20.5 Å². The summed E-state index contributed by atoms with van der Waals surface area (Å²) in [7, 11) is 1.68. The van der Waals surface area contributed by atoms with Crippen molar-refractivity contribution in [2.45, 2.75) is 31.5 Å². The van der Waals surface area contributed by atoms with E-state index in [1.54, 1.807) is 7.05 Å². The highest BCUT2D eigenvalue weighted by Crippen LogP contribution is 2.20. The molecule has 1 saturated heterocycles. The minimum absolute atomic E-state index is 0. The van der Waals surface area contributed by atoms with Gasteiger partial charge in [0.1, 0.15) is 0 Å². The lowest BCUT2D eigenvalue weighted by atomic mass is 10.1. The summed E-state index contributed by atoms with van der Waals surface area (Å²) in [6, 6.07) is 8.22. The van der Waals surface area contributed by atoms with Crippen LogP contribution >= 0.6 is 24.0 Å². The van der Waals surface area contributed by atoms with Crippen LogP contribution in [0.5, 0.6) is 0 Å².